The van der Waals surface area contributed by atoms with E-state index < -0.39 is 17.2 Å². The summed E-state index contributed by atoms with van der Waals surface area (Å²) in [5, 5.41) is 28.7. The maximum atomic E-state index is 15.0. The molecule has 0 unspecified atom stereocenters. The van der Waals surface area contributed by atoms with E-state index >= 15 is 4.39 Å². The number of aliphatic hydroxyl groups excluding tert-OH is 1. The van der Waals surface area contributed by atoms with Crippen molar-refractivity contribution >= 4 is 10.9 Å². The van der Waals surface area contributed by atoms with Gasteiger partial charge in [0.25, 0.3) is 0 Å². The van der Waals surface area contributed by atoms with Crippen LogP contribution in [0.2, 0.25) is 0 Å². The fourth-order valence-corrected chi connectivity index (χ4v) is 6.86. The van der Waals surface area contributed by atoms with Crippen molar-refractivity contribution < 1.29 is 14.6 Å². The van der Waals surface area contributed by atoms with Gasteiger partial charge in [-0.25, -0.2) is 9.37 Å². The standard InChI is InChI=1S/C27H27FN4O2/c1-31-14-18-6-5-17(11-22(18)30-31)16-7-9-26(34,10-8-16)25(33)20-12-27(20)24-19(3-2-4-21(24)28)23-13-29-15-32(23)27/h2-6,11,13-16,20,25,33-34H,7-10,12H2,1H3/t16?,20-,25-,26?,27-/m0/s1. The predicted octanol–water partition coefficient (Wildman–Crippen LogP) is 4.10. The molecule has 174 valence electrons. The van der Waals surface area contributed by atoms with E-state index in [1.165, 1.54) is 11.6 Å². The van der Waals surface area contributed by atoms with Gasteiger partial charge in [-0.15, -0.1) is 0 Å². The molecule has 0 saturated heterocycles. The molecule has 2 aliphatic carbocycles. The molecular formula is C27H27FN4O2. The van der Waals surface area contributed by atoms with Crippen molar-refractivity contribution in [1.29, 1.82) is 0 Å². The Hall–Kier alpha value is -3.03. The fraction of sp³-hybridized carbons (Fsp3) is 0.407. The summed E-state index contributed by atoms with van der Waals surface area (Å²) in [5.41, 5.74) is 2.76. The summed E-state index contributed by atoms with van der Waals surface area (Å²) in [4.78, 5) is 4.29. The number of hydrogen-bond donors (Lipinski definition) is 2. The second kappa shape index (κ2) is 6.77. The second-order valence-electron chi connectivity index (χ2n) is 10.5. The van der Waals surface area contributed by atoms with Gasteiger partial charge in [-0.1, -0.05) is 24.3 Å². The first-order valence-corrected chi connectivity index (χ1v) is 12.1. The zero-order valence-electron chi connectivity index (χ0n) is 19.0. The average Bonchev–Trinajstić information content (AvgIpc) is 3.10. The molecule has 6 nitrogen and oxygen atoms in total. The number of nitrogens with zero attached hydrogens (tertiary/aromatic N) is 4. The van der Waals surface area contributed by atoms with Crippen LogP contribution in [-0.4, -0.2) is 41.2 Å². The molecule has 2 saturated carbocycles. The number of fused-ring (bicyclic) bond motifs is 6. The summed E-state index contributed by atoms with van der Waals surface area (Å²) < 4.78 is 18.8. The molecule has 7 rings (SSSR count). The molecule has 2 N–H and O–H groups in total. The van der Waals surface area contributed by atoms with E-state index in [-0.39, 0.29) is 11.7 Å². The van der Waals surface area contributed by atoms with Gasteiger partial charge in [0, 0.05) is 35.7 Å². The lowest BCUT2D eigenvalue weighted by atomic mass is 9.72. The summed E-state index contributed by atoms with van der Waals surface area (Å²) in [7, 11) is 1.92. The largest absolute Gasteiger partial charge is 0.390 e. The number of rotatable bonds is 3. The maximum absolute atomic E-state index is 15.0. The first-order valence-electron chi connectivity index (χ1n) is 12.1. The van der Waals surface area contributed by atoms with Crippen LogP contribution in [0.5, 0.6) is 0 Å². The molecule has 0 amide bonds. The topological polar surface area (TPSA) is 76.1 Å². The summed E-state index contributed by atoms with van der Waals surface area (Å²) in [6, 6.07) is 11.5. The van der Waals surface area contributed by atoms with Crippen molar-refractivity contribution in [3.05, 3.63) is 72.1 Å². The SMILES string of the molecule is Cn1cc2ccc(C3CCC(O)([C@@H](O)[C@@H]4C[C@@]45c4c(F)cccc4-c4cncn45)CC3)cc2n1. The Morgan fingerprint density at radius 1 is 1.18 bits per heavy atom. The highest BCUT2D eigenvalue weighted by molar-refractivity contribution is 5.79. The van der Waals surface area contributed by atoms with Crippen molar-refractivity contribution in [3.8, 4) is 11.3 Å². The normalized spacial score (nSPS) is 30.5. The number of aromatic nitrogens is 4. The Labute approximate surface area is 196 Å². The molecule has 3 aliphatic rings. The summed E-state index contributed by atoms with van der Waals surface area (Å²) in [6.07, 6.45) is 7.82. The minimum atomic E-state index is -1.17. The highest BCUT2D eigenvalue weighted by Gasteiger charge is 2.67. The molecule has 1 aliphatic heterocycles. The van der Waals surface area contributed by atoms with Crippen molar-refractivity contribution in [3.63, 3.8) is 0 Å². The zero-order valence-corrected chi connectivity index (χ0v) is 19.0. The number of benzene rings is 2. The monoisotopic (exact) mass is 458 g/mol. The Kier molecular flexibility index (Phi) is 4.05. The number of aliphatic hydroxyl groups is 2. The molecule has 4 aromatic rings. The number of halogens is 1. The molecule has 1 spiro atoms. The van der Waals surface area contributed by atoms with E-state index in [9.17, 15) is 10.2 Å². The zero-order chi connectivity index (χ0) is 23.2. The minimum absolute atomic E-state index is 0.245. The van der Waals surface area contributed by atoms with Crippen molar-refractivity contribution in [2.75, 3.05) is 0 Å². The lowest BCUT2D eigenvalue weighted by molar-refractivity contribution is -0.111. The van der Waals surface area contributed by atoms with Crippen LogP contribution in [0, 0.1) is 11.7 Å². The van der Waals surface area contributed by atoms with Crippen LogP contribution < -0.4 is 0 Å². The number of aryl methyl sites for hydroxylation is 1. The third-order valence-corrected chi connectivity index (χ3v) is 8.68. The molecule has 3 heterocycles. The molecule has 2 aromatic carbocycles. The van der Waals surface area contributed by atoms with Gasteiger partial charge in [0.05, 0.1) is 41.0 Å². The maximum Gasteiger partial charge on any atom is 0.129 e. The summed E-state index contributed by atoms with van der Waals surface area (Å²) in [6.45, 7) is 0. The quantitative estimate of drug-likeness (QED) is 0.485. The van der Waals surface area contributed by atoms with Crippen LogP contribution in [-0.2, 0) is 12.6 Å². The van der Waals surface area contributed by atoms with Gasteiger partial charge in [-0.05, 0) is 55.7 Å². The van der Waals surface area contributed by atoms with Gasteiger partial charge in [-0.2, -0.15) is 5.10 Å². The van der Waals surface area contributed by atoms with Gasteiger partial charge in [0.1, 0.15) is 5.82 Å². The van der Waals surface area contributed by atoms with Gasteiger partial charge in [0.2, 0.25) is 0 Å². The predicted molar refractivity (Wildman–Crippen MR) is 126 cm³/mol. The molecule has 7 heteroatoms. The summed E-state index contributed by atoms with van der Waals surface area (Å²) in [5.74, 6) is -0.168. The van der Waals surface area contributed by atoms with Gasteiger partial charge < -0.3 is 14.8 Å². The highest BCUT2D eigenvalue weighted by atomic mass is 19.1. The van der Waals surface area contributed by atoms with Gasteiger partial charge in [0.15, 0.2) is 0 Å². The lowest BCUT2D eigenvalue weighted by Gasteiger charge is -2.40. The van der Waals surface area contributed by atoms with E-state index in [4.69, 9.17) is 0 Å². The number of imidazole rings is 1. The molecular weight excluding hydrogens is 431 g/mol. The first-order chi connectivity index (χ1) is 16.4. The molecule has 0 bridgehead atoms. The van der Waals surface area contributed by atoms with Crippen molar-refractivity contribution in [1.82, 2.24) is 19.3 Å². The third-order valence-electron chi connectivity index (χ3n) is 8.68. The van der Waals surface area contributed by atoms with E-state index in [0.29, 0.717) is 30.7 Å². The van der Waals surface area contributed by atoms with Gasteiger partial charge in [-0.3, -0.25) is 4.68 Å². The molecule has 0 radical (unpaired) electrons. The van der Waals surface area contributed by atoms with E-state index in [1.54, 1.807) is 18.6 Å². The van der Waals surface area contributed by atoms with E-state index in [1.807, 2.05) is 28.6 Å². The third kappa shape index (κ3) is 2.62. The Morgan fingerprint density at radius 3 is 2.82 bits per heavy atom. The van der Waals surface area contributed by atoms with Crippen LogP contribution in [0.25, 0.3) is 22.2 Å². The van der Waals surface area contributed by atoms with Gasteiger partial charge >= 0.3 is 0 Å². The smallest absolute Gasteiger partial charge is 0.129 e. The van der Waals surface area contributed by atoms with Crippen molar-refractivity contribution in [2.24, 2.45) is 13.0 Å². The van der Waals surface area contributed by atoms with Crippen molar-refractivity contribution in [2.45, 2.75) is 55.3 Å². The Bertz CT molecular complexity index is 1430. The molecule has 3 atom stereocenters. The van der Waals surface area contributed by atoms with Crippen LogP contribution in [0.4, 0.5) is 4.39 Å². The van der Waals surface area contributed by atoms with E-state index in [2.05, 4.69) is 28.3 Å². The highest BCUT2D eigenvalue weighted by Crippen LogP contribution is 2.65. The first kappa shape index (κ1) is 20.4. The lowest BCUT2D eigenvalue weighted by Crippen LogP contribution is -2.47. The molecule has 2 aromatic heterocycles. The fourth-order valence-electron chi connectivity index (χ4n) is 6.86. The van der Waals surface area contributed by atoms with E-state index in [0.717, 1.165) is 35.0 Å². The van der Waals surface area contributed by atoms with Crippen LogP contribution in [0.1, 0.15) is 49.1 Å². The summed E-state index contributed by atoms with van der Waals surface area (Å²) >= 11 is 0. The number of hydrogen-bond acceptors (Lipinski definition) is 4. The van der Waals surface area contributed by atoms with Crippen LogP contribution in [0.3, 0.4) is 0 Å². The Morgan fingerprint density at radius 2 is 2.00 bits per heavy atom. The molecule has 2 fully saturated rings. The average molecular weight is 459 g/mol. The minimum Gasteiger partial charge on any atom is -0.390 e. The molecule has 34 heavy (non-hydrogen) atoms. The van der Waals surface area contributed by atoms with Crippen LogP contribution in [0.15, 0.2) is 55.1 Å². The van der Waals surface area contributed by atoms with Crippen LogP contribution >= 0.6 is 0 Å². The Balaban J connectivity index is 1.14. The second-order valence-corrected chi connectivity index (χ2v) is 10.5.